The highest BCUT2D eigenvalue weighted by Gasteiger charge is 2.11. The van der Waals surface area contributed by atoms with Gasteiger partial charge in [-0.1, -0.05) is 25.1 Å². The Kier molecular flexibility index (Phi) is 5.46. The van der Waals surface area contributed by atoms with Crippen molar-refractivity contribution in [2.45, 2.75) is 40.2 Å². The van der Waals surface area contributed by atoms with E-state index in [1.54, 1.807) is 6.20 Å². The number of nitrogens with one attached hydrogen (secondary N) is 2. The lowest BCUT2D eigenvalue weighted by molar-refractivity contribution is 0.753. The van der Waals surface area contributed by atoms with Crippen molar-refractivity contribution in [2.75, 3.05) is 10.6 Å². The van der Waals surface area contributed by atoms with Crippen LogP contribution in [0.2, 0.25) is 0 Å². The molecule has 0 amide bonds. The van der Waals surface area contributed by atoms with E-state index in [1.807, 2.05) is 24.4 Å². The van der Waals surface area contributed by atoms with E-state index in [1.165, 1.54) is 11.1 Å². The van der Waals surface area contributed by atoms with Gasteiger partial charge in [0.25, 0.3) is 0 Å². The van der Waals surface area contributed by atoms with E-state index in [-0.39, 0.29) is 0 Å². The quantitative estimate of drug-likeness (QED) is 0.649. The first-order chi connectivity index (χ1) is 12.6. The summed E-state index contributed by atoms with van der Waals surface area (Å²) in [5.74, 6) is 1.39. The molecule has 1 atom stereocenters. The van der Waals surface area contributed by atoms with E-state index in [9.17, 15) is 0 Å². The van der Waals surface area contributed by atoms with Crippen LogP contribution in [0.4, 0.5) is 17.5 Å². The van der Waals surface area contributed by atoms with Crippen LogP contribution in [0.25, 0.3) is 11.3 Å². The van der Waals surface area contributed by atoms with Crippen LogP contribution in [0.5, 0.6) is 0 Å². The fourth-order valence-corrected chi connectivity index (χ4v) is 2.70. The predicted molar refractivity (Wildman–Crippen MR) is 108 cm³/mol. The third-order valence-electron chi connectivity index (χ3n) is 4.41. The number of aromatic nitrogens is 3. The molecule has 134 valence electrons. The number of benzene rings is 1. The van der Waals surface area contributed by atoms with Crippen molar-refractivity contribution in [1.29, 1.82) is 0 Å². The average molecular weight is 347 g/mol. The van der Waals surface area contributed by atoms with Crippen molar-refractivity contribution in [1.82, 2.24) is 15.0 Å². The van der Waals surface area contributed by atoms with Gasteiger partial charge in [0.1, 0.15) is 5.82 Å². The van der Waals surface area contributed by atoms with Gasteiger partial charge in [-0.15, -0.1) is 0 Å². The van der Waals surface area contributed by atoms with Crippen molar-refractivity contribution >= 4 is 17.5 Å². The normalized spacial score (nSPS) is 11.8. The zero-order chi connectivity index (χ0) is 18.5. The highest BCUT2D eigenvalue weighted by atomic mass is 15.2. The Morgan fingerprint density at radius 2 is 1.81 bits per heavy atom. The Hall–Kier alpha value is -2.95. The third kappa shape index (κ3) is 4.17. The molecule has 0 radical (unpaired) electrons. The van der Waals surface area contributed by atoms with Crippen molar-refractivity contribution in [3.63, 3.8) is 0 Å². The van der Waals surface area contributed by atoms with Crippen LogP contribution in [0.15, 0.2) is 48.8 Å². The van der Waals surface area contributed by atoms with Gasteiger partial charge in [0.2, 0.25) is 5.95 Å². The van der Waals surface area contributed by atoms with Gasteiger partial charge in [-0.05, 0) is 50.5 Å². The van der Waals surface area contributed by atoms with E-state index in [4.69, 9.17) is 0 Å². The maximum atomic E-state index is 4.68. The standard InChI is InChI=1S/C21H25N5/c1-5-16(4)23-21-24-18(17-10-7-11-22-13-17)12-19(26-21)25-20-14(2)8-6-9-15(20)3/h6-13,16H,5H2,1-4H3,(H2,23,24,25,26)/t16-/m0/s1. The molecule has 0 unspecified atom stereocenters. The second-order valence-electron chi connectivity index (χ2n) is 6.55. The van der Waals surface area contributed by atoms with Crippen LogP contribution in [0.1, 0.15) is 31.4 Å². The molecule has 0 saturated carbocycles. The summed E-state index contributed by atoms with van der Waals surface area (Å²) in [6, 6.07) is 12.4. The molecule has 0 bridgehead atoms. The van der Waals surface area contributed by atoms with Gasteiger partial charge in [-0.3, -0.25) is 4.98 Å². The van der Waals surface area contributed by atoms with E-state index in [0.717, 1.165) is 29.2 Å². The second-order valence-corrected chi connectivity index (χ2v) is 6.55. The minimum absolute atomic E-state index is 0.298. The Balaban J connectivity index is 2.02. The molecule has 2 heterocycles. The minimum atomic E-state index is 0.298. The number of hydrogen-bond donors (Lipinski definition) is 2. The minimum Gasteiger partial charge on any atom is -0.352 e. The fraction of sp³-hybridized carbons (Fsp3) is 0.286. The number of hydrogen-bond acceptors (Lipinski definition) is 5. The summed E-state index contributed by atoms with van der Waals surface area (Å²) in [5.41, 5.74) is 5.25. The summed E-state index contributed by atoms with van der Waals surface area (Å²) in [4.78, 5) is 13.6. The first-order valence-electron chi connectivity index (χ1n) is 8.96. The molecular weight excluding hydrogens is 322 g/mol. The summed E-state index contributed by atoms with van der Waals surface area (Å²) in [7, 11) is 0. The fourth-order valence-electron chi connectivity index (χ4n) is 2.70. The molecular formula is C21H25N5. The Bertz CT molecular complexity index is 857. The monoisotopic (exact) mass is 347 g/mol. The van der Waals surface area contributed by atoms with Gasteiger partial charge >= 0.3 is 0 Å². The number of nitrogens with zero attached hydrogens (tertiary/aromatic N) is 3. The maximum Gasteiger partial charge on any atom is 0.225 e. The molecule has 0 aliphatic rings. The van der Waals surface area contributed by atoms with E-state index < -0.39 is 0 Å². The average Bonchev–Trinajstić information content (AvgIpc) is 2.65. The Morgan fingerprint density at radius 1 is 1.04 bits per heavy atom. The first-order valence-corrected chi connectivity index (χ1v) is 8.96. The molecule has 0 aliphatic heterocycles. The lowest BCUT2D eigenvalue weighted by Gasteiger charge is -2.16. The molecule has 0 aliphatic carbocycles. The van der Waals surface area contributed by atoms with Crippen LogP contribution in [-0.2, 0) is 0 Å². The Morgan fingerprint density at radius 3 is 2.46 bits per heavy atom. The molecule has 3 rings (SSSR count). The summed E-state index contributed by atoms with van der Waals surface area (Å²) < 4.78 is 0. The maximum absolute atomic E-state index is 4.68. The second kappa shape index (κ2) is 7.95. The van der Waals surface area contributed by atoms with Gasteiger partial charge in [0.05, 0.1) is 5.69 Å². The zero-order valence-corrected chi connectivity index (χ0v) is 15.7. The van der Waals surface area contributed by atoms with E-state index in [2.05, 4.69) is 71.5 Å². The van der Waals surface area contributed by atoms with Crippen molar-refractivity contribution in [3.05, 3.63) is 59.9 Å². The van der Waals surface area contributed by atoms with Gasteiger partial charge in [0, 0.05) is 35.8 Å². The van der Waals surface area contributed by atoms with Crippen LogP contribution >= 0.6 is 0 Å². The first kappa shape index (κ1) is 17.9. The van der Waals surface area contributed by atoms with Crippen LogP contribution < -0.4 is 10.6 Å². The Labute approximate surface area is 154 Å². The largest absolute Gasteiger partial charge is 0.352 e. The number of anilines is 3. The van der Waals surface area contributed by atoms with Crippen LogP contribution in [-0.4, -0.2) is 21.0 Å². The predicted octanol–water partition coefficient (Wildman–Crippen LogP) is 5.11. The highest BCUT2D eigenvalue weighted by Crippen LogP contribution is 2.27. The van der Waals surface area contributed by atoms with Crippen LogP contribution in [0.3, 0.4) is 0 Å². The van der Waals surface area contributed by atoms with Crippen molar-refractivity contribution in [2.24, 2.45) is 0 Å². The number of rotatable bonds is 6. The molecule has 0 spiro atoms. The molecule has 3 aromatic rings. The van der Waals surface area contributed by atoms with Gasteiger partial charge in [-0.2, -0.15) is 4.98 Å². The van der Waals surface area contributed by atoms with E-state index >= 15 is 0 Å². The molecule has 0 saturated heterocycles. The molecule has 2 aromatic heterocycles. The summed E-state index contributed by atoms with van der Waals surface area (Å²) in [6.45, 7) is 8.45. The van der Waals surface area contributed by atoms with Crippen molar-refractivity contribution < 1.29 is 0 Å². The molecule has 5 heteroatoms. The van der Waals surface area contributed by atoms with Crippen LogP contribution in [0, 0.1) is 13.8 Å². The number of aryl methyl sites for hydroxylation is 2. The summed E-state index contributed by atoms with van der Waals surface area (Å²) >= 11 is 0. The zero-order valence-electron chi connectivity index (χ0n) is 15.7. The molecule has 0 fully saturated rings. The van der Waals surface area contributed by atoms with Gasteiger partial charge in [0.15, 0.2) is 0 Å². The van der Waals surface area contributed by atoms with Gasteiger partial charge in [-0.25, -0.2) is 4.98 Å². The molecule has 5 nitrogen and oxygen atoms in total. The number of pyridine rings is 1. The third-order valence-corrected chi connectivity index (χ3v) is 4.41. The molecule has 26 heavy (non-hydrogen) atoms. The van der Waals surface area contributed by atoms with Gasteiger partial charge < -0.3 is 10.6 Å². The summed E-state index contributed by atoms with van der Waals surface area (Å²) in [5, 5.41) is 6.85. The van der Waals surface area contributed by atoms with E-state index in [0.29, 0.717) is 12.0 Å². The topological polar surface area (TPSA) is 62.7 Å². The van der Waals surface area contributed by atoms with Crippen molar-refractivity contribution in [3.8, 4) is 11.3 Å². The SMILES string of the molecule is CC[C@H](C)Nc1nc(Nc2c(C)cccc2C)cc(-c2cccnc2)n1. The summed E-state index contributed by atoms with van der Waals surface area (Å²) in [6.07, 6.45) is 4.58. The molecule has 2 N–H and O–H groups in total. The lowest BCUT2D eigenvalue weighted by Crippen LogP contribution is -2.16. The molecule has 1 aromatic carbocycles. The highest BCUT2D eigenvalue weighted by molar-refractivity contribution is 5.69. The smallest absolute Gasteiger partial charge is 0.225 e. The number of para-hydroxylation sites is 1. The lowest BCUT2D eigenvalue weighted by atomic mass is 10.1.